The van der Waals surface area contributed by atoms with Crippen LogP contribution in [0.4, 0.5) is 0 Å². The number of hydrogen-bond donors (Lipinski definition) is 1. The highest BCUT2D eigenvalue weighted by Crippen LogP contribution is 2.30. The van der Waals surface area contributed by atoms with Gasteiger partial charge >= 0.3 is 5.97 Å². The van der Waals surface area contributed by atoms with E-state index in [1.165, 1.54) is 11.3 Å². The van der Waals surface area contributed by atoms with Crippen LogP contribution in [0, 0.1) is 5.92 Å². The van der Waals surface area contributed by atoms with Gasteiger partial charge in [-0.15, -0.1) is 11.3 Å². The maximum absolute atomic E-state index is 11.3. The molecule has 0 fully saturated rings. The molecule has 140 valence electrons. The molecule has 0 bridgehead atoms. The van der Waals surface area contributed by atoms with Crippen LogP contribution < -0.4 is 4.74 Å². The van der Waals surface area contributed by atoms with Crippen molar-refractivity contribution in [2.45, 2.75) is 26.7 Å². The summed E-state index contributed by atoms with van der Waals surface area (Å²) in [6.45, 7) is 5.04. The minimum Gasteiger partial charge on any atom is -0.494 e. The van der Waals surface area contributed by atoms with Crippen molar-refractivity contribution < 1.29 is 14.6 Å². The molecule has 0 unspecified atom stereocenters. The molecular weight excluding hydrogens is 358 g/mol. The van der Waals surface area contributed by atoms with E-state index in [1.807, 2.05) is 54.6 Å². The molecular formula is C22H23NO3S. The highest BCUT2D eigenvalue weighted by molar-refractivity contribution is 7.19. The number of carboxylic acid groups (broad SMARTS) is 1. The van der Waals surface area contributed by atoms with Crippen molar-refractivity contribution in [3.8, 4) is 5.75 Å². The van der Waals surface area contributed by atoms with Gasteiger partial charge in [-0.25, -0.2) is 4.98 Å². The summed E-state index contributed by atoms with van der Waals surface area (Å²) in [5.41, 5.74) is 2.53. The predicted octanol–water partition coefficient (Wildman–Crippen LogP) is 5.74. The van der Waals surface area contributed by atoms with Crippen molar-refractivity contribution in [2.75, 3.05) is 6.61 Å². The molecule has 0 spiro atoms. The van der Waals surface area contributed by atoms with E-state index in [1.54, 1.807) is 0 Å². The third kappa shape index (κ3) is 5.41. The number of carboxylic acids is 1. The number of thiazole rings is 1. The summed E-state index contributed by atoms with van der Waals surface area (Å²) in [4.78, 5) is 15.9. The van der Waals surface area contributed by atoms with Crippen molar-refractivity contribution in [3.05, 3.63) is 59.1 Å². The number of rotatable bonds is 8. The lowest BCUT2D eigenvalue weighted by molar-refractivity contribution is -0.135. The molecule has 1 heterocycles. The van der Waals surface area contributed by atoms with Gasteiger partial charge in [0.05, 0.1) is 23.2 Å². The van der Waals surface area contributed by atoms with Crippen LogP contribution in [0.5, 0.6) is 5.75 Å². The summed E-state index contributed by atoms with van der Waals surface area (Å²) in [6, 6.07) is 15.6. The third-order valence-electron chi connectivity index (χ3n) is 4.10. The Kier molecular flexibility index (Phi) is 6.24. The van der Waals surface area contributed by atoms with Gasteiger partial charge in [0.2, 0.25) is 0 Å². The van der Waals surface area contributed by atoms with Gasteiger partial charge in [-0.1, -0.05) is 38.1 Å². The Hall–Kier alpha value is -2.66. The molecule has 5 heteroatoms. The maximum atomic E-state index is 11.3. The summed E-state index contributed by atoms with van der Waals surface area (Å²) in [5, 5.41) is 10.0. The molecule has 0 aliphatic carbocycles. The fourth-order valence-corrected chi connectivity index (χ4v) is 3.61. The van der Waals surface area contributed by atoms with Crippen LogP contribution in [0.15, 0.2) is 48.5 Å². The SMILES string of the molecule is CC(C)CCOc1ccc(/C=C(\CC(=O)O)c2nc3ccccc3s2)cc1. The first-order valence-corrected chi connectivity index (χ1v) is 9.84. The molecule has 2 aromatic carbocycles. The molecule has 0 aliphatic heterocycles. The fourth-order valence-electron chi connectivity index (χ4n) is 2.63. The van der Waals surface area contributed by atoms with Crippen molar-refractivity contribution in [1.29, 1.82) is 0 Å². The number of hydrogen-bond acceptors (Lipinski definition) is 4. The topological polar surface area (TPSA) is 59.4 Å². The fraction of sp³-hybridized carbons (Fsp3) is 0.273. The van der Waals surface area contributed by atoms with E-state index >= 15 is 0 Å². The first-order chi connectivity index (χ1) is 13.0. The highest BCUT2D eigenvalue weighted by atomic mass is 32.1. The lowest BCUT2D eigenvalue weighted by Gasteiger charge is -2.08. The Morgan fingerprint density at radius 2 is 1.93 bits per heavy atom. The molecule has 0 atom stereocenters. The van der Waals surface area contributed by atoms with Crippen molar-refractivity contribution in [1.82, 2.24) is 4.98 Å². The van der Waals surface area contributed by atoms with Gasteiger partial charge in [0, 0.05) is 0 Å². The lowest BCUT2D eigenvalue weighted by Crippen LogP contribution is -2.01. The number of aromatic nitrogens is 1. The zero-order chi connectivity index (χ0) is 19.2. The van der Waals surface area contributed by atoms with Crippen LogP contribution in [-0.2, 0) is 4.79 Å². The van der Waals surface area contributed by atoms with Crippen LogP contribution in [0.25, 0.3) is 21.9 Å². The number of ether oxygens (including phenoxy) is 1. The molecule has 0 aliphatic rings. The summed E-state index contributed by atoms with van der Waals surface area (Å²) in [6.07, 6.45) is 2.85. The average Bonchev–Trinajstić information content (AvgIpc) is 3.06. The highest BCUT2D eigenvalue weighted by Gasteiger charge is 2.12. The van der Waals surface area contributed by atoms with Gasteiger partial charge in [0.1, 0.15) is 10.8 Å². The molecule has 27 heavy (non-hydrogen) atoms. The van der Waals surface area contributed by atoms with E-state index in [2.05, 4.69) is 18.8 Å². The molecule has 4 nitrogen and oxygen atoms in total. The first-order valence-electron chi connectivity index (χ1n) is 9.02. The van der Waals surface area contributed by atoms with Gasteiger partial charge in [0.25, 0.3) is 0 Å². The van der Waals surface area contributed by atoms with Crippen molar-refractivity contribution in [3.63, 3.8) is 0 Å². The van der Waals surface area contributed by atoms with Crippen LogP contribution >= 0.6 is 11.3 Å². The average molecular weight is 381 g/mol. The van der Waals surface area contributed by atoms with Crippen molar-refractivity contribution >= 4 is 39.2 Å². The monoisotopic (exact) mass is 381 g/mol. The van der Waals surface area contributed by atoms with E-state index in [-0.39, 0.29) is 6.42 Å². The summed E-state index contributed by atoms with van der Waals surface area (Å²) < 4.78 is 6.79. The molecule has 0 saturated heterocycles. The third-order valence-corrected chi connectivity index (χ3v) is 5.21. The lowest BCUT2D eigenvalue weighted by atomic mass is 10.1. The van der Waals surface area contributed by atoms with Crippen LogP contribution in [0.1, 0.15) is 37.3 Å². The second kappa shape index (κ2) is 8.82. The van der Waals surface area contributed by atoms with Gasteiger partial charge in [-0.05, 0) is 53.8 Å². The van der Waals surface area contributed by atoms with E-state index in [0.717, 1.165) is 33.0 Å². The second-order valence-electron chi connectivity index (χ2n) is 6.83. The molecule has 1 N–H and O–H groups in total. The Balaban J connectivity index is 1.82. The Labute approximate surface area is 163 Å². The zero-order valence-electron chi connectivity index (χ0n) is 15.5. The van der Waals surface area contributed by atoms with Crippen LogP contribution in [0.3, 0.4) is 0 Å². The quantitative estimate of drug-likeness (QED) is 0.541. The molecule has 3 aromatic rings. The van der Waals surface area contributed by atoms with E-state index in [0.29, 0.717) is 18.1 Å². The van der Waals surface area contributed by atoms with E-state index in [9.17, 15) is 9.90 Å². The van der Waals surface area contributed by atoms with Crippen LogP contribution in [-0.4, -0.2) is 22.7 Å². The number of benzene rings is 2. The minimum atomic E-state index is -0.867. The Bertz CT molecular complexity index is 909. The number of carbonyl (C=O) groups is 1. The van der Waals surface area contributed by atoms with E-state index in [4.69, 9.17) is 4.74 Å². The number of para-hydroxylation sites is 1. The Morgan fingerprint density at radius 3 is 2.59 bits per heavy atom. The van der Waals surface area contributed by atoms with Gasteiger partial charge in [0.15, 0.2) is 0 Å². The standard InChI is InChI=1S/C22H23NO3S/c1-15(2)11-12-26-18-9-7-16(8-10-18)13-17(14-21(24)25)22-23-19-5-3-4-6-20(19)27-22/h3-10,13,15H,11-12,14H2,1-2H3,(H,24,25)/b17-13+. The Morgan fingerprint density at radius 1 is 1.19 bits per heavy atom. The molecule has 0 amide bonds. The normalized spacial score (nSPS) is 11.9. The second-order valence-corrected chi connectivity index (χ2v) is 7.86. The molecule has 0 radical (unpaired) electrons. The van der Waals surface area contributed by atoms with Gasteiger partial charge in [-0.2, -0.15) is 0 Å². The zero-order valence-corrected chi connectivity index (χ0v) is 16.3. The van der Waals surface area contributed by atoms with Crippen LogP contribution in [0.2, 0.25) is 0 Å². The molecule has 1 aromatic heterocycles. The van der Waals surface area contributed by atoms with Gasteiger partial charge in [-0.3, -0.25) is 4.79 Å². The minimum absolute atomic E-state index is 0.0630. The molecule has 0 saturated carbocycles. The number of fused-ring (bicyclic) bond motifs is 1. The predicted molar refractivity (Wildman–Crippen MR) is 111 cm³/mol. The van der Waals surface area contributed by atoms with E-state index < -0.39 is 5.97 Å². The molecule has 3 rings (SSSR count). The largest absolute Gasteiger partial charge is 0.494 e. The first kappa shape index (κ1) is 19.1. The smallest absolute Gasteiger partial charge is 0.307 e. The maximum Gasteiger partial charge on any atom is 0.307 e. The number of aliphatic carboxylic acids is 1. The summed E-state index contributed by atoms with van der Waals surface area (Å²) in [5.74, 6) is 0.571. The number of nitrogens with zero attached hydrogens (tertiary/aromatic N) is 1. The summed E-state index contributed by atoms with van der Waals surface area (Å²) >= 11 is 1.52. The van der Waals surface area contributed by atoms with Gasteiger partial charge < -0.3 is 9.84 Å². The van der Waals surface area contributed by atoms with Crippen molar-refractivity contribution in [2.24, 2.45) is 5.92 Å². The summed E-state index contributed by atoms with van der Waals surface area (Å²) in [7, 11) is 0.